The normalized spacial score (nSPS) is 18.4. The molecule has 1 atom stereocenters. The summed E-state index contributed by atoms with van der Waals surface area (Å²) in [6, 6.07) is 6.87. The minimum absolute atomic E-state index is 0.161. The average molecular weight is 297 g/mol. The van der Waals surface area contributed by atoms with E-state index in [1.807, 2.05) is 39.8 Å². The molecule has 1 aromatic carbocycles. The highest BCUT2D eigenvalue weighted by Crippen LogP contribution is 2.31. The fraction of sp³-hybridized carbons (Fsp3) is 0.353. The van der Waals surface area contributed by atoms with Crippen LogP contribution in [-0.4, -0.2) is 21.6 Å². The molecule has 2 aromatic rings. The van der Waals surface area contributed by atoms with Crippen molar-refractivity contribution in [3.05, 3.63) is 46.8 Å². The van der Waals surface area contributed by atoms with Crippen LogP contribution in [0.5, 0.6) is 0 Å². The molecule has 5 heteroatoms. The first-order chi connectivity index (χ1) is 10.4. The summed E-state index contributed by atoms with van der Waals surface area (Å²) in [7, 11) is 0. The summed E-state index contributed by atoms with van der Waals surface area (Å²) in [6.07, 6.45) is 0.161. The molecule has 22 heavy (non-hydrogen) atoms. The van der Waals surface area contributed by atoms with Gasteiger partial charge in [0.05, 0.1) is 17.8 Å². The number of anilines is 1. The maximum absolute atomic E-state index is 12.7. The molecular formula is C17H19N3O2. The van der Waals surface area contributed by atoms with E-state index in [9.17, 15) is 9.59 Å². The van der Waals surface area contributed by atoms with Crippen LogP contribution in [-0.2, 0) is 9.59 Å². The zero-order valence-corrected chi connectivity index (χ0v) is 13.3. The largest absolute Gasteiger partial charge is 0.274 e. The van der Waals surface area contributed by atoms with Gasteiger partial charge in [-0.3, -0.25) is 14.3 Å². The van der Waals surface area contributed by atoms with Crippen LogP contribution in [0.1, 0.15) is 35.0 Å². The van der Waals surface area contributed by atoms with E-state index in [0.717, 1.165) is 22.5 Å². The molecule has 3 rings (SSSR count). The molecule has 2 heterocycles. The van der Waals surface area contributed by atoms with Gasteiger partial charge < -0.3 is 0 Å². The Kier molecular flexibility index (Phi) is 3.35. The lowest BCUT2D eigenvalue weighted by molar-refractivity contribution is -0.122. The molecule has 0 bridgehead atoms. The molecule has 114 valence electrons. The second kappa shape index (κ2) is 5.09. The second-order valence-corrected chi connectivity index (χ2v) is 5.86. The Morgan fingerprint density at radius 1 is 1.05 bits per heavy atom. The van der Waals surface area contributed by atoms with Crippen molar-refractivity contribution in [3.8, 4) is 0 Å². The Bertz CT molecular complexity index is 759. The van der Waals surface area contributed by atoms with E-state index in [2.05, 4.69) is 5.10 Å². The van der Waals surface area contributed by atoms with Crippen LogP contribution in [0.4, 0.5) is 5.69 Å². The molecule has 0 saturated carbocycles. The van der Waals surface area contributed by atoms with Gasteiger partial charge in [-0.25, -0.2) is 4.90 Å². The second-order valence-electron chi connectivity index (χ2n) is 5.86. The maximum atomic E-state index is 12.7. The molecule has 1 aliphatic rings. The quantitative estimate of drug-likeness (QED) is 0.801. The van der Waals surface area contributed by atoms with Crippen molar-refractivity contribution in [2.75, 3.05) is 4.90 Å². The molecule has 1 aromatic heterocycles. The third-order valence-corrected chi connectivity index (χ3v) is 4.40. The van der Waals surface area contributed by atoms with Gasteiger partial charge in [0.1, 0.15) is 6.04 Å². The zero-order chi connectivity index (χ0) is 16.0. The first kappa shape index (κ1) is 14.5. The smallest absolute Gasteiger partial charge is 0.259 e. The van der Waals surface area contributed by atoms with Crippen molar-refractivity contribution in [3.63, 3.8) is 0 Å². The minimum atomic E-state index is -0.541. The molecule has 0 unspecified atom stereocenters. The van der Waals surface area contributed by atoms with Gasteiger partial charge in [-0.2, -0.15) is 5.10 Å². The van der Waals surface area contributed by atoms with Crippen molar-refractivity contribution in [2.45, 2.75) is 40.2 Å². The summed E-state index contributed by atoms with van der Waals surface area (Å²) >= 11 is 0. The van der Waals surface area contributed by atoms with Crippen molar-refractivity contribution >= 4 is 17.5 Å². The standard InChI is InChI=1S/C17H19N3O2/c1-10-5-7-14(8-6-10)19-16(21)9-15(17(19)22)20-13(4)11(2)12(3)18-20/h5-8,15H,9H2,1-4H3/t15-/m1/s1. The van der Waals surface area contributed by atoms with Gasteiger partial charge in [-0.1, -0.05) is 17.7 Å². The van der Waals surface area contributed by atoms with Crippen LogP contribution in [0, 0.1) is 27.7 Å². The van der Waals surface area contributed by atoms with Gasteiger partial charge in [0.15, 0.2) is 0 Å². The number of amides is 2. The monoisotopic (exact) mass is 297 g/mol. The zero-order valence-electron chi connectivity index (χ0n) is 13.3. The summed E-state index contributed by atoms with van der Waals surface area (Å²) in [5, 5.41) is 4.44. The van der Waals surface area contributed by atoms with E-state index in [4.69, 9.17) is 0 Å². The molecule has 0 spiro atoms. The number of benzene rings is 1. The predicted octanol–water partition coefficient (Wildman–Crippen LogP) is 2.62. The van der Waals surface area contributed by atoms with Crippen LogP contribution in [0.3, 0.4) is 0 Å². The topological polar surface area (TPSA) is 55.2 Å². The fourth-order valence-electron chi connectivity index (χ4n) is 2.82. The fourth-order valence-corrected chi connectivity index (χ4v) is 2.82. The van der Waals surface area contributed by atoms with Gasteiger partial charge in [-0.05, 0) is 45.4 Å². The summed E-state index contributed by atoms with van der Waals surface area (Å²) in [5.74, 6) is -0.386. The number of rotatable bonds is 2. The van der Waals surface area contributed by atoms with Crippen molar-refractivity contribution in [1.29, 1.82) is 0 Å². The van der Waals surface area contributed by atoms with Crippen LogP contribution >= 0.6 is 0 Å². The van der Waals surface area contributed by atoms with E-state index in [0.29, 0.717) is 5.69 Å². The Balaban J connectivity index is 1.97. The average Bonchev–Trinajstić information content (AvgIpc) is 2.91. The first-order valence-corrected chi connectivity index (χ1v) is 7.36. The number of imide groups is 1. The van der Waals surface area contributed by atoms with Crippen LogP contribution in [0.15, 0.2) is 24.3 Å². The van der Waals surface area contributed by atoms with Crippen LogP contribution < -0.4 is 4.90 Å². The Morgan fingerprint density at radius 3 is 2.23 bits per heavy atom. The van der Waals surface area contributed by atoms with Gasteiger partial charge in [0, 0.05) is 5.69 Å². The molecule has 1 aliphatic heterocycles. The number of aryl methyl sites for hydroxylation is 2. The minimum Gasteiger partial charge on any atom is -0.274 e. The lowest BCUT2D eigenvalue weighted by Crippen LogP contribution is -2.31. The highest BCUT2D eigenvalue weighted by atomic mass is 16.2. The van der Waals surface area contributed by atoms with E-state index in [1.165, 1.54) is 4.90 Å². The summed E-state index contributed by atoms with van der Waals surface area (Å²) in [4.78, 5) is 26.3. The Hall–Kier alpha value is -2.43. The van der Waals surface area contributed by atoms with Gasteiger partial charge in [-0.15, -0.1) is 0 Å². The predicted molar refractivity (Wildman–Crippen MR) is 83.8 cm³/mol. The molecular weight excluding hydrogens is 278 g/mol. The lowest BCUT2D eigenvalue weighted by atomic mass is 10.2. The van der Waals surface area contributed by atoms with Crippen molar-refractivity contribution in [2.24, 2.45) is 0 Å². The molecule has 0 N–H and O–H groups in total. The SMILES string of the molecule is Cc1ccc(N2C(=O)C[C@@H](n3nc(C)c(C)c3C)C2=O)cc1. The molecule has 1 saturated heterocycles. The number of nitrogens with zero attached hydrogens (tertiary/aromatic N) is 3. The van der Waals surface area contributed by atoms with Gasteiger partial charge in [0.25, 0.3) is 5.91 Å². The van der Waals surface area contributed by atoms with E-state index in [-0.39, 0.29) is 18.2 Å². The highest BCUT2D eigenvalue weighted by molar-refractivity contribution is 6.21. The Labute approximate surface area is 129 Å². The number of hydrogen-bond donors (Lipinski definition) is 0. The van der Waals surface area contributed by atoms with Gasteiger partial charge in [0.2, 0.25) is 5.91 Å². The van der Waals surface area contributed by atoms with E-state index >= 15 is 0 Å². The number of carbonyl (C=O) groups is 2. The summed E-state index contributed by atoms with van der Waals surface area (Å²) in [6.45, 7) is 7.80. The maximum Gasteiger partial charge on any atom is 0.259 e. The Morgan fingerprint density at radius 2 is 1.68 bits per heavy atom. The van der Waals surface area contributed by atoms with Crippen LogP contribution in [0.25, 0.3) is 0 Å². The molecule has 0 radical (unpaired) electrons. The first-order valence-electron chi connectivity index (χ1n) is 7.36. The van der Waals surface area contributed by atoms with Gasteiger partial charge >= 0.3 is 0 Å². The summed E-state index contributed by atoms with van der Waals surface area (Å²) in [5.41, 5.74) is 4.62. The third kappa shape index (κ3) is 2.13. The van der Waals surface area contributed by atoms with Crippen molar-refractivity contribution < 1.29 is 9.59 Å². The third-order valence-electron chi connectivity index (χ3n) is 4.40. The highest BCUT2D eigenvalue weighted by Gasteiger charge is 2.41. The van der Waals surface area contributed by atoms with Crippen molar-refractivity contribution in [1.82, 2.24) is 9.78 Å². The molecule has 5 nitrogen and oxygen atoms in total. The van der Waals surface area contributed by atoms with E-state index in [1.54, 1.807) is 16.8 Å². The van der Waals surface area contributed by atoms with Crippen LogP contribution in [0.2, 0.25) is 0 Å². The van der Waals surface area contributed by atoms with E-state index < -0.39 is 6.04 Å². The number of aromatic nitrogens is 2. The lowest BCUT2D eigenvalue weighted by Gasteiger charge is -2.16. The number of carbonyl (C=O) groups excluding carboxylic acids is 2. The molecule has 0 aliphatic carbocycles. The molecule has 2 amide bonds. The number of hydrogen-bond acceptors (Lipinski definition) is 3. The molecule has 1 fully saturated rings. The summed E-state index contributed by atoms with van der Waals surface area (Å²) < 4.78 is 1.69.